The van der Waals surface area contributed by atoms with Crippen molar-refractivity contribution in [1.82, 2.24) is 4.90 Å². The third-order valence-corrected chi connectivity index (χ3v) is 2.85. The van der Waals surface area contributed by atoms with Crippen molar-refractivity contribution >= 4 is 0 Å². The molecule has 2 atom stereocenters. The first-order valence-corrected chi connectivity index (χ1v) is 5.20. The number of likely N-dealkylation sites (tertiary alicyclic amines) is 1. The van der Waals surface area contributed by atoms with Crippen LogP contribution in [0.1, 0.15) is 33.1 Å². The first-order chi connectivity index (χ1) is 5.72. The lowest BCUT2D eigenvalue weighted by atomic mass is 10.0. The van der Waals surface area contributed by atoms with Gasteiger partial charge >= 0.3 is 0 Å². The molecule has 72 valence electrons. The summed E-state index contributed by atoms with van der Waals surface area (Å²) >= 11 is 0. The smallest absolute Gasteiger partial charge is 0.00105 e. The minimum atomic E-state index is 0.390. The molecule has 2 heteroatoms. The summed E-state index contributed by atoms with van der Waals surface area (Å²) in [6, 6.07) is 0.390. The maximum atomic E-state index is 5.72. The van der Waals surface area contributed by atoms with E-state index in [9.17, 15) is 0 Å². The number of nitrogens with two attached hydrogens (primary N) is 1. The molecule has 1 aliphatic rings. The van der Waals surface area contributed by atoms with Crippen molar-refractivity contribution in [2.24, 2.45) is 11.7 Å². The Morgan fingerprint density at radius 3 is 2.83 bits per heavy atom. The average Bonchev–Trinajstić information content (AvgIpc) is 2.48. The summed E-state index contributed by atoms with van der Waals surface area (Å²) in [6.45, 7) is 8.18. The van der Waals surface area contributed by atoms with Crippen LogP contribution in [0.15, 0.2) is 0 Å². The molecular formula is C10H22N2. The fourth-order valence-corrected chi connectivity index (χ4v) is 1.93. The van der Waals surface area contributed by atoms with Crippen molar-refractivity contribution in [1.29, 1.82) is 0 Å². The highest BCUT2D eigenvalue weighted by Gasteiger charge is 2.20. The van der Waals surface area contributed by atoms with E-state index in [1.165, 1.54) is 38.9 Å². The molecule has 1 aliphatic heterocycles. The molecule has 2 N–H and O–H groups in total. The molecule has 0 amide bonds. The van der Waals surface area contributed by atoms with Crippen molar-refractivity contribution < 1.29 is 0 Å². The van der Waals surface area contributed by atoms with Crippen LogP contribution in [0.25, 0.3) is 0 Å². The van der Waals surface area contributed by atoms with Gasteiger partial charge in [0.05, 0.1) is 0 Å². The standard InChI is InChI=1S/C10H22N2/c1-3-12-7-6-10(8-12)5-4-9(2)11/h9-10H,3-8,11H2,1-2H3. The number of hydrogen-bond acceptors (Lipinski definition) is 2. The van der Waals surface area contributed by atoms with Crippen molar-refractivity contribution in [2.45, 2.75) is 39.2 Å². The third-order valence-electron chi connectivity index (χ3n) is 2.85. The van der Waals surface area contributed by atoms with E-state index in [1.807, 2.05) is 0 Å². The average molecular weight is 170 g/mol. The molecule has 1 rings (SSSR count). The molecule has 1 heterocycles. The third kappa shape index (κ3) is 3.11. The van der Waals surface area contributed by atoms with Gasteiger partial charge in [-0.15, -0.1) is 0 Å². The van der Waals surface area contributed by atoms with Crippen LogP contribution >= 0.6 is 0 Å². The van der Waals surface area contributed by atoms with E-state index in [2.05, 4.69) is 18.7 Å². The van der Waals surface area contributed by atoms with E-state index in [4.69, 9.17) is 5.73 Å². The van der Waals surface area contributed by atoms with Crippen molar-refractivity contribution in [3.05, 3.63) is 0 Å². The van der Waals surface area contributed by atoms with Gasteiger partial charge in [0.2, 0.25) is 0 Å². The molecule has 0 saturated carbocycles. The normalized spacial score (nSPS) is 27.8. The number of hydrogen-bond donors (Lipinski definition) is 1. The summed E-state index contributed by atoms with van der Waals surface area (Å²) in [4.78, 5) is 2.53. The molecule has 0 aromatic rings. The highest BCUT2D eigenvalue weighted by atomic mass is 15.1. The van der Waals surface area contributed by atoms with Gasteiger partial charge in [-0.2, -0.15) is 0 Å². The van der Waals surface area contributed by atoms with E-state index in [1.54, 1.807) is 0 Å². The summed E-state index contributed by atoms with van der Waals surface area (Å²) < 4.78 is 0. The topological polar surface area (TPSA) is 29.3 Å². The monoisotopic (exact) mass is 170 g/mol. The largest absolute Gasteiger partial charge is 0.328 e. The Hall–Kier alpha value is -0.0800. The molecule has 0 aliphatic carbocycles. The molecule has 0 aromatic carbocycles. The van der Waals surface area contributed by atoms with E-state index in [0.717, 1.165) is 5.92 Å². The highest BCUT2D eigenvalue weighted by Crippen LogP contribution is 2.20. The van der Waals surface area contributed by atoms with Crippen molar-refractivity contribution in [2.75, 3.05) is 19.6 Å². The van der Waals surface area contributed by atoms with Crippen molar-refractivity contribution in [3.63, 3.8) is 0 Å². The van der Waals surface area contributed by atoms with Crippen LogP contribution in [0.3, 0.4) is 0 Å². The predicted octanol–water partition coefficient (Wildman–Crippen LogP) is 1.46. The maximum absolute atomic E-state index is 5.72. The molecule has 1 fully saturated rings. The second-order valence-corrected chi connectivity index (χ2v) is 4.10. The zero-order valence-corrected chi connectivity index (χ0v) is 8.42. The Morgan fingerprint density at radius 2 is 2.33 bits per heavy atom. The van der Waals surface area contributed by atoms with Gasteiger partial charge < -0.3 is 10.6 Å². The second kappa shape index (κ2) is 4.83. The molecule has 2 nitrogen and oxygen atoms in total. The van der Waals surface area contributed by atoms with Gasteiger partial charge in [0, 0.05) is 12.6 Å². The molecule has 0 spiro atoms. The Labute approximate surface area is 76.1 Å². The van der Waals surface area contributed by atoms with E-state index >= 15 is 0 Å². The minimum Gasteiger partial charge on any atom is -0.328 e. The van der Waals surface area contributed by atoms with Crippen LogP contribution < -0.4 is 5.73 Å². The van der Waals surface area contributed by atoms with Gasteiger partial charge in [-0.1, -0.05) is 6.92 Å². The lowest BCUT2D eigenvalue weighted by molar-refractivity contribution is 0.334. The van der Waals surface area contributed by atoms with Crippen LogP contribution in [0, 0.1) is 5.92 Å². The fourth-order valence-electron chi connectivity index (χ4n) is 1.93. The summed E-state index contributed by atoms with van der Waals surface area (Å²) in [5, 5.41) is 0. The Morgan fingerprint density at radius 1 is 1.58 bits per heavy atom. The van der Waals surface area contributed by atoms with E-state index in [-0.39, 0.29) is 0 Å². The van der Waals surface area contributed by atoms with Gasteiger partial charge in [-0.3, -0.25) is 0 Å². The molecule has 12 heavy (non-hydrogen) atoms. The quantitative estimate of drug-likeness (QED) is 0.692. The van der Waals surface area contributed by atoms with Gasteiger partial charge in [0.25, 0.3) is 0 Å². The van der Waals surface area contributed by atoms with E-state index in [0.29, 0.717) is 6.04 Å². The second-order valence-electron chi connectivity index (χ2n) is 4.10. The molecular weight excluding hydrogens is 148 g/mol. The number of nitrogens with zero attached hydrogens (tertiary/aromatic N) is 1. The maximum Gasteiger partial charge on any atom is 0.00105 e. The Balaban J connectivity index is 2.11. The molecule has 0 aromatic heterocycles. The van der Waals surface area contributed by atoms with Gasteiger partial charge in [0.1, 0.15) is 0 Å². The SMILES string of the molecule is CCN1CCC(CCC(C)N)C1. The summed E-state index contributed by atoms with van der Waals surface area (Å²) in [6.07, 6.45) is 3.91. The zero-order chi connectivity index (χ0) is 8.97. The van der Waals surface area contributed by atoms with E-state index < -0.39 is 0 Å². The lowest BCUT2D eigenvalue weighted by Gasteiger charge is -2.13. The van der Waals surface area contributed by atoms with Gasteiger partial charge in [0.15, 0.2) is 0 Å². The highest BCUT2D eigenvalue weighted by molar-refractivity contribution is 4.75. The Bertz CT molecular complexity index is 123. The van der Waals surface area contributed by atoms with Crippen LogP contribution in [-0.2, 0) is 0 Å². The van der Waals surface area contributed by atoms with Crippen LogP contribution in [0.5, 0.6) is 0 Å². The first kappa shape index (κ1) is 10.0. The van der Waals surface area contributed by atoms with Crippen LogP contribution in [0.4, 0.5) is 0 Å². The number of rotatable bonds is 4. The lowest BCUT2D eigenvalue weighted by Crippen LogP contribution is -2.21. The Kier molecular flexibility index (Phi) is 4.02. The summed E-state index contributed by atoms with van der Waals surface area (Å²) in [5.74, 6) is 0.927. The van der Waals surface area contributed by atoms with Gasteiger partial charge in [-0.25, -0.2) is 0 Å². The minimum absolute atomic E-state index is 0.390. The van der Waals surface area contributed by atoms with Crippen molar-refractivity contribution in [3.8, 4) is 0 Å². The summed E-state index contributed by atoms with van der Waals surface area (Å²) in [7, 11) is 0. The zero-order valence-electron chi connectivity index (χ0n) is 8.42. The van der Waals surface area contributed by atoms with Gasteiger partial charge in [-0.05, 0) is 45.2 Å². The molecule has 0 bridgehead atoms. The molecule has 0 radical (unpaired) electrons. The first-order valence-electron chi connectivity index (χ1n) is 5.20. The predicted molar refractivity (Wildman–Crippen MR) is 53.1 cm³/mol. The molecule has 2 unspecified atom stereocenters. The fraction of sp³-hybridized carbons (Fsp3) is 1.00. The van der Waals surface area contributed by atoms with Crippen LogP contribution in [-0.4, -0.2) is 30.6 Å². The molecule has 1 saturated heterocycles. The summed E-state index contributed by atoms with van der Waals surface area (Å²) in [5.41, 5.74) is 5.72. The van der Waals surface area contributed by atoms with Crippen LogP contribution in [0.2, 0.25) is 0 Å².